The third-order valence-corrected chi connectivity index (χ3v) is 4.96. The van der Waals surface area contributed by atoms with Gasteiger partial charge in [-0.15, -0.1) is 0 Å². The minimum atomic E-state index is -0.898. The Morgan fingerprint density at radius 1 is 0.731 bits per heavy atom. The van der Waals surface area contributed by atoms with Crippen molar-refractivity contribution in [3.05, 3.63) is 70.8 Å². The molecule has 0 unspecified atom stereocenters. The van der Waals surface area contributed by atoms with Crippen LogP contribution >= 0.6 is 0 Å². The topological polar surface area (TPSA) is 41.1 Å². The Balaban J connectivity index is 1.28. The second-order valence-electron chi connectivity index (χ2n) is 6.86. The van der Waals surface area contributed by atoms with E-state index in [4.69, 9.17) is 0 Å². The van der Waals surface area contributed by atoms with Crippen LogP contribution in [0, 0.1) is 23.3 Å². The standard InChI is InChI=1S/C19H16F4N2O/c20-13-3-1-9(5-15(13)22)11-7-17(11)24-19(26)25-18-8-12(18)10-2-4-14(21)16(23)6-10/h1-6,11-12,17-18H,7-8H2,(H2,24,25,26)/t11-,12-,17+,18+/m0/s1. The maximum absolute atomic E-state index is 13.3. The van der Waals surface area contributed by atoms with Crippen LogP contribution in [0.25, 0.3) is 0 Å². The van der Waals surface area contributed by atoms with Crippen molar-refractivity contribution in [3.63, 3.8) is 0 Å². The van der Waals surface area contributed by atoms with Crippen molar-refractivity contribution in [2.75, 3.05) is 0 Å². The van der Waals surface area contributed by atoms with Gasteiger partial charge >= 0.3 is 6.03 Å². The molecule has 0 aliphatic heterocycles. The molecule has 2 fully saturated rings. The molecule has 0 bridgehead atoms. The van der Waals surface area contributed by atoms with Crippen molar-refractivity contribution in [2.24, 2.45) is 0 Å². The van der Waals surface area contributed by atoms with Crippen LogP contribution in [0.4, 0.5) is 22.4 Å². The Morgan fingerprint density at radius 2 is 1.15 bits per heavy atom. The Kier molecular flexibility index (Phi) is 4.09. The molecule has 2 aromatic rings. The van der Waals surface area contributed by atoms with Gasteiger partial charge in [0, 0.05) is 23.9 Å². The van der Waals surface area contributed by atoms with Crippen molar-refractivity contribution < 1.29 is 22.4 Å². The molecule has 7 heteroatoms. The summed E-state index contributed by atoms with van der Waals surface area (Å²) in [4.78, 5) is 12.0. The van der Waals surface area contributed by atoms with Crippen LogP contribution in [0.1, 0.15) is 35.8 Å². The van der Waals surface area contributed by atoms with Crippen molar-refractivity contribution in [3.8, 4) is 0 Å². The highest BCUT2D eigenvalue weighted by molar-refractivity contribution is 5.76. The zero-order chi connectivity index (χ0) is 18.4. The van der Waals surface area contributed by atoms with E-state index in [1.165, 1.54) is 12.1 Å². The molecule has 2 aliphatic carbocycles. The summed E-state index contributed by atoms with van der Waals surface area (Å²) in [5.74, 6) is -3.65. The molecule has 136 valence electrons. The van der Waals surface area contributed by atoms with E-state index in [0.29, 0.717) is 24.0 Å². The zero-order valence-corrected chi connectivity index (χ0v) is 13.6. The molecule has 3 nitrogen and oxygen atoms in total. The predicted molar refractivity (Wildman–Crippen MR) is 86.7 cm³/mol. The van der Waals surface area contributed by atoms with E-state index in [9.17, 15) is 22.4 Å². The largest absolute Gasteiger partial charge is 0.335 e. The lowest BCUT2D eigenvalue weighted by Gasteiger charge is -2.08. The number of halogens is 4. The van der Waals surface area contributed by atoms with Crippen molar-refractivity contribution in [2.45, 2.75) is 36.8 Å². The molecule has 4 atom stereocenters. The summed E-state index contributed by atoms with van der Waals surface area (Å²) in [5.41, 5.74) is 1.31. The average molecular weight is 364 g/mol. The van der Waals surface area contributed by atoms with Crippen molar-refractivity contribution >= 4 is 6.03 Å². The molecule has 0 radical (unpaired) electrons. The summed E-state index contributed by atoms with van der Waals surface area (Å²) in [6.07, 6.45) is 1.32. The maximum atomic E-state index is 13.3. The van der Waals surface area contributed by atoms with Crippen molar-refractivity contribution in [1.82, 2.24) is 10.6 Å². The first-order valence-electron chi connectivity index (χ1n) is 8.39. The van der Waals surface area contributed by atoms with Gasteiger partial charge in [-0.05, 0) is 48.2 Å². The Hall–Kier alpha value is -2.57. The van der Waals surface area contributed by atoms with Crippen LogP contribution in [-0.4, -0.2) is 18.1 Å². The third-order valence-electron chi connectivity index (χ3n) is 4.96. The van der Waals surface area contributed by atoms with E-state index in [2.05, 4.69) is 10.6 Å². The number of urea groups is 1. The number of rotatable bonds is 4. The van der Waals surface area contributed by atoms with Crippen LogP contribution in [0.5, 0.6) is 0 Å². The number of carbonyl (C=O) groups is 1. The number of carbonyl (C=O) groups excluding carboxylic acids is 1. The molecule has 2 amide bonds. The summed E-state index contributed by atoms with van der Waals surface area (Å²) < 4.78 is 52.5. The van der Waals surface area contributed by atoms with Crippen LogP contribution in [-0.2, 0) is 0 Å². The molecule has 2 aliphatic rings. The van der Waals surface area contributed by atoms with Gasteiger partial charge in [0.25, 0.3) is 0 Å². The third kappa shape index (κ3) is 3.38. The maximum Gasteiger partial charge on any atom is 0.315 e. The average Bonchev–Trinajstić information content (AvgIpc) is 3.50. The Morgan fingerprint density at radius 3 is 1.54 bits per heavy atom. The van der Waals surface area contributed by atoms with Gasteiger partial charge in [-0.25, -0.2) is 22.4 Å². The minimum absolute atomic E-state index is 0.0305. The highest BCUT2D eigenvalue weighted by Crippen LogP contribution is 2.42. The van der Waals surface area contributed by atoms with Crippen LogP contribution < -0.4 is 10.6 Å². The highest BCUT2D eigenvalue weighted by Gasteiger charge is 2.43. The molecule has 0 saturated heterocycles. The summed E-state index contributed by atoms with van der Waals surface area (Å²) in [6, 6.07) is 6.90. The molecule has 2 saturated carbocycles. The fourth-order valence-corrected chi connectivity index (χ4v) is 3.31. The van der Waals surface area contributed by atoms with Crippen molar-refractivity contribution in [1.29, 1.82) is 0 Å². The van der Waals surface area contributed by atoms with Gasteiger partial charge in [-0.2, -0.15) is 0 Å². The first kappa shape index (κ1) is 16.9. The van der Waals surface area contributed by atoms with Crippen LogP contribution in [0.2, 0.25) is 0 Å². The molecule has 0 spiro atoms. The quantitative estimate of drug-likeness (QED) is 0.793. The lowest BCUT2D eigenvalue weighted by atomic mass is 10.1. The monoisotopic (exact) mass is 364 g/mol. The fourth-order valence-electron chi connectivity index (χ4n) is 3.31. The van der Waals surface area contributed by atoms with E-state index in [0.717, 1.165) is 24.3 Å². The molecule has 26 heavy (non-hydrogen) atoms. The molecular formula is C19H16F4N2O. The number of nitrogens with one attached hydrogen (secondary N) is 2. The molecule has 4 rings (SSSR count). The number of amides is 2. The zero-order valence-electron chi connectivity index (χ0n) is 13.6. The summed E-state index contributed by atoms with van der Waals surface area (Å²) in [5, 5.41) is 5.60. The first-order valence-corrected chi connectivity index (χ1v) is 8.39. The highest BCUT2D eigenvalue weighted by atomic mass is 19.2. The molecule has 0 aromatic heterocycles. The molecule has 2 aromatic carbocycles. The van der Waals surface area contributed by atoms with Crippen LogP contribution in [0.15, 0.2) is 36.4 Å². The first-order chi connectivity index (χ1) is 12.4. The van der Waals surface area contributed by atoms with Gasteiger partial charge in [-0.1, -0.05) is 12.1 Å². The van der Waals surface area contributed by atoms with Gasteiger partial charge in [0.2, 0.25) is 0 Å². The normalized spacial score (nSPS) is 26.3. The summed E-state index contributed by atoms with van der Waals surface area (Å²) in [6.45, 7) is 0. The molecular weight excluding hydrogens is 348 g/mol. The molecule has 2 N–H and O–H groups in total. The second kappa shape index (κ2) is 6.30. The SMILES string of the molecule is O=C(N[C@@H]1C[C@H]1c1ccc(F)c(F)c1)N[C@@H]1C[C@H]1c1ccc(F)c(F)c1. The van der Waals surface area contributed by atoms with E-state index >= 15 is 0 Å². The van der Waals surface area contributed by atoms with E-state index in [1.807, 2.05) is 0 Å². The predicted octanol–water partition coefficient (Wildman–Crippen LogP) is 3.95. The Labute approximate surface area is 147 Å². The van der Waals surface area contributed by atoms with E-state index in [-0.39, 0.29) is 30.0 Å². The van der Waals surface area contributed by atoms with Gasteiger partial charge in [0.1, 0.15) is 0 Å². The summed E-state index contributed by atoms with van der Waals surface area (Å²) >= 11 is 0. The van der Waals surface area contributed by atoms with Gasteiger partial charge < -0.3 is 10.6 Å². The molecule has 0 heterocycles. The van der Waals surface area contributed by atoms with Crippen LogP contribution in [0.3, 0.4) is 0 Å². The van der Waals surface area contributed by atoms with Gasteiger partial charge in [0.15, 0.2) is 23.3 Å². The lowest BCUT2D eigenvalue weighted by Crippen LogP contribution is -2.39. The summed E-state index contributed by atoms with van der Waals surface area (Å²) in [7, 11) is 0. The minimum Gasteiger partial charge on any atom is -0.335 e. The van der Waals surface area contributed by atoms with E-state index < -0.39 is 23.3 Å². The number of hydrogen-bond acceptors (Lipinski definition) is 1. The smallest absolute Gasteiger partial charge is 0.315 e. The second-order valence-corrected chi connectivity index (χ2v) is 6.86. The van der Waals surface area contributed by atoms with Gasteiger partial charge in [-0.3, -0.25) is 0 Å². The Bertz CT molecular complexity index is 803. The van der Waals surface area contributed by atoms with Gasteiger partial charge in [0.05, 0.1) is 0 Å². The fraction of sp³-hybridized carbons (Fsp3) is 0.316. The van der Waals surface area contributed by atoms with E-state index in [1.54, 1.807) is 0 Å². The number of benzene rings is 2. The number of hydrogen-bond donors (Lipinski definition) is 2. The lowest BCUT2D eigenvalue weighted by molar-refractivity contribution is 0.239.